The lowest BCUT2D eigenvalue weighted by molar-refractivity contribution is 0.0730. The van der Waals surface area contributed by atoms with E-state index in [2.05, 4.69) is 10.3 Å². The molecule has 5 heteroatoms. The van der Waals surface area contributed by atoms with Gasteiger partial charge in [-0.2, -0.15) is 0 Å². The van der Waals surface area contributed by atoms with Crippen LogP contribution in [0.1, 0.15) is 15.4 Å². The molecule has 0 radical (unpaired) electrons. The minimum Gasteiger partial charge on any atom is -0.335 e. The highest BCUT2D eigenvalue weighted by Crippen LogP contribution is 2.13. The largest absolute Gasteiger partial charge is 0.335 e. The van der Waals surface area contributed by atoms with Gasteiger partial charge in [0.05, 0.1) is 5.51 Å². The third kappa shape index (κ3) is 1.78. The molecule has 0 aliphatic carbocycles. The highest BCUT2D eigenvalue weighted by molar-refractivity contribution is 7.09. The first-order chi connectivity index (χ1) is 6.79. The van der Waals surface area contributed by atoms with E-state index in [1.807, 2.05) is 11.8 Å². The molecule has 1 aromatic rings. The van der Waals surface area contributed by atoms with Gasteiger partial charge < -0.3 is 10.2 Å². The van der Waals surface area contributed by atoms with Crippen molar-refractivity contribution in [2.75, 3.05) is 26.2 Å². The van der Waals surface area contributed by atoms with Gasteiger partial charge in [0.1, 0.15) is 5.69 Å². The van der Waals surface area contributed by atoms with Crippen LogP contribution in [-0.4, -0.2) is 42.0 Å². The van der Waals surface area contributed by atoms with Gasteiger partial charge in [-0.25, -0.2) is 4.98 Å². The van der Waals surface area contributed by atoms with E-state index in [-0.39, 0.29) is 5.91 Å². The second-order valence-electron chi connectivity index (χ2n) is 3.30. The number of carbonyl (C=O) groups excluding carboxylic acids is 1. The van der Waals surface area contributed by atoms with Crippen molar-refractivity contribution >= 4 is 17.2 Å². The number of piperazine rings is 1. The number of hydrogen-bond acceptors (Lipinski definition) is 4. The van der Waals surface area contributed by atoms with E-state index >= 15 is 0 Å². The van der Waals surface area contributed by atoms with Gasteiger partial charge in [0.2, 0.25) is 0 Å². The lowest BCUT2D eigenvalue weighted by atomic mass is 10.3. The zero-order chi connectivity index (χ0) is 9.97. The first kappa shape index (κ1) is 9.61. The fourth-order valence-corrected chi connectivity index (χ4v) is 2.10. The first-order valence-corrected chi connectivity index (χ1v) is 5.57. The van der Waals surface area contributed by atoms with Gasteiger partial charge in [-0.05, 0) is 6.92 Å². The van der Waals surface area contributed by atoms with Gasteiger partial charge in [0.15, 0.2) is 0 Å². The van der Waals surface area contributed by atoms with E-state index < -0.39 is 0 Å². The maximum atomic E-state index is 11.9. The van der Waals surface area contributed by atoms with E-state index in [4.69, 9.17) is 0 Å². The number of carbonyl (C=O) groups is 1. The lowest BCUT2D eigenvalue weighted by Crippen LogP contribution is -2.46. The van der Waals surface area contributed by atoms with Crippen molar-refractivity contribution in [3.8, 4) is 0 Å². The summed E-state index contributed by atoms with van der Waals surface area (Å²) in [4.78, 5) is 18.9. The number of aryl methyl sites for hydroxylation is 1. The van der Waals surface area contributed by atoms with Crippen molar-refractivity contribution in [1.29, 1.82) is 0 Å². The minimum atomic E-state index is 0.0743. The summed E-state index contributed by atoms with van der Waals surface area (Å²) in [5, 5.41) is 3.22. The Morgan fingerprint density at radius 2 is 2.29 bits per heavy atom. The zero-order valence-corrected chi connectivity index (χ0v) is 8.93. The zero-order valence-electron chi connectivity index (χ0n) is 8.12. The maximum Gasteiger partial charge on any atom is 0.273 e. The summed E-state index contributed by atoms with van der Waals surface area (Å²) in [7, 11) is 0. The van der Waals surface area contributed by atoms with Gasteiger partial charge in [0, 0.05) is 31.1 Å². The second kappa shape index (κ2) is 4.06. The molecule has 14 heavy (non-hydrogen) atoms. The number of nitrogens with zero attached hydrogens (tertiary/aromatic N) is 2. The molecule has 1 N–H and O–H groups in total. The normalized spacial score (nSPS) is 17.1. The van der Waals surface area contributed by atoms with Crippen LogP contribution in [0.3, 0.4) is 0 Å². The van der Waals surface area contributed by atoms with Gasteiger partial charge in [-0.1, -0.05) is 0 Å². The molecule has 4 nitrogen and oxygen atoms in total. The smallest absolute Gasteiger partial charge is 0.273 e. The Morgan fingerprint density at radius 3 is 2.86 bits per heavy atom. The predicted octanol–water partition coefficient (Wildman–Crippen LogP) is 0.497. The van der Waals surface area contributed by atoms with Gasteiger partial charge >= 0.3 is 0 Å². The third-order valence-corrected chi connectivity index (χ3v) is 3.11. The Hall–Kier alpha value is -0.940. The van der Waals surface area contributed by atoms with Crippen LogP contribution in [0.15, 0.2) is 5.51 Å². The Labute approximate surface area is 86.9 Å². The van der Waals surface area contributed by atoms with Crippen molar-refractivity contribution in [2.24, 2.45) is 0 Å². The minimum absolute atomic E-state index is 0.0743. The molecule has 0 atom stereocenters. The van der Waals surface area contributed by atoms with Gasteiger partial charge in [-0.3, -0.25) is 4.79 Å². The van der Waals surface area contributed by atoms with E-state index in [1.54, 1.807) is 5.51 Å². The molecule has 1 aliphatic rings. The molecule has 1 aliphatic heterocycles. The lowest BCUT2D eigenvalue weighted by Gasteiger charge is -2.26. The summed E-state index contributed by atoms with van der Waals surface area (Å²) in [5.41, 5.74) is 2.35. The van der Waals surface area contributed by atoms with E-state index in [0.29, 0.717) is 5.69 Å². The Bertz CT molecular complexity index is 331. The maximum absolute atomic E-state index is 11.9. The predicted molar refractivity (Wildman–Crippen MR) is 55.6 cm³/mol. The topological polar surface area (TPSA) is 45.2 Å². The van der Waals surface area contributed by atoms with E-state index in [0.717, 1.165) is 31.1 Å². The van der Waals surface area contributed by atoms with Crippen LogP contribution in [0, 0.1) is 6.92 Å². The number of rotatable bonds is 1. The average Bonchev–Trinajstić information content (AvgIpc) is 2.65. The molecule has 2 heterocycles. The molecule has 1 aromatic heterocycles. The fourth-order valence-electron chi connectivity index (χ4n) is 1.53. The average molecular weight is 211 g/mol. The van der Waals surface area contributed by atoms with Crippen LogP contribution in [0.2, 0.25) is 0 Å². The molecule has 0 unspecified atom stereocenters. The van der Waals surface area contributed by atoms with Crippen LogP contribution in [-0.2, 0) is 0 Å². The monoisotopic (exact) mass is 211 g/mol. The number of aromatic nitrogens is 1. The Kier molecular flexibility index (Phi) is 2.79. The van der Waals surface area contributed by atoms with Crippen LogP contribution in [0.25, 0.3) is 0 Å². The van der Waals surface area contributed by atoms with E-state index in [1.165, 1.54) is 11.3 Å². The molecule has 0 bridgehead atoms. The molecule has 0 spiro atoms. The Morgan fingerprint density at radius 1 is 1.57 bits per heavy atom. The van der Waals surface area contributed by atoms with E-state index in [9.17, 15) is 4.79 Å². The number of amides is 1. The van der Waals surface area contributed by atoms with Crippen molar-refractivity contribution in [3.05, 3.63) is 16.1 Å². The van der Waals surface area contributed by atoms with Crippen molar-refractivity contribution in [2.45, 2.75) is 6.92 Å². The second-order valence-corrected chi connectivity index (χ2v) is 4.36. The molecule has 1 saturated heterocycles. The van der Waals surface area contributed by atoms with Gasteiger partial charge in [0.25, 0.3) is 5.91 Å². The number of nitrogens with one attached hydrogen (secondary N) is 1. The van der Waals surface area contributed by atoms with Crippen LogP contribution < -0.4 is 5.32 Å². The summed E-state index contributed by atoms with van der Waals surface area (Å²) in [5.74, 6) is 0.0743. The highest BCUT2D eigenvalue weighted by atomic mass is 32.1. The molecule has 1 fully saturated rings. The molecule has 0 aromatic carbocycles. The summed E-state index contributed by atoms with van der Waals surface area (Å²) in [6, 6.07) is 0. The highest BCUT2D eigenvalue weighted by Gasteiger charge is 2.20. The summed E-state index contributed by atoms with van der Waals surface area (Å²) >= 11 is 1.52. The summed E-state index contributed by atoms with van der Waals surface area (Å²) in [6.45, 7) is 5.28. The van der Waals surface area contributed by atoms with Crippen molar-refractivity contribution in [1.82, 2.24) is 15.2 Å². The quantitative estimate of drug-likeness (QED) is 0.735. The van der Waals surface area contributed by atoms with Crippen LogP contribution in [0.5, 0.6) is 0 Å². The van der Waals surface area contributed by atoms with Crippen molar-refractivity contribution < 1.29 is 4.79 Å². The van der Waals surface area contributed by atoms with Crippen LogP contribution >= 0.6 is 11.3 Å². The third-order valence-electron chi connectivity index (χ3n) is 2.35. The summed E-state index contributed by atoms with van der Waals surface area (Å²) < 4.78 is 0. The molecule has 2 rings (SSSR count). The number of hydrogen-bond donors (Lipinski definition) is 1. The molecular formula is C9H13N3OS. The van der Waals surface area contributed by atoms with Crippen LogP contribution in [0.4, 0.5) is 0 Å². The molecule has 1 amide bonds. The standard InChI is InChI=1S/C9H13N3OS/c1-7-8(11-6-14-7)9(13)12-4-2-10-3-5-12/h6,10H,2-5H2,1H3. The molecule has 0 saturated carbocycles. The summed E-state index contributed by atoms with van der Waals surface area (Å²) in [6.07, 6.45) is 0. The van der Waals surface area contributed by atoms with Crippen molar-refractivity contribution in [3.63, 3.8) is 0 Å². The first-order valence-electron chi connectivity index (χ1n) is 4.69. The van der Waals surface area contributed by atoms with Gasteiger partial charge in [-0.15, -0.1) is 11.3 Å². The SMILES string of the molecule is Cc1scnc1C(=O)N1CCNCC1. The molecular weight excluding hydrogens is 198 g/mol. The number of thiazole rings is 1. The fraction of sp³-hybridized carbons (Fsp3) is 0.556. The Balaban J connectivity index is 2.11. The molecule has 76 valence electrons.